The quantitative estimate of drug-likeness (QED) is 0.830. The van der Waals surface area contributed by atoms with E-state index in [4.69, 9.17) is 4.74 Å². The molecule has 0 spiro atoms. The van der Waals surface area contributed by atoms with Crippen molar-refractivity contribution in [3.63, 3.8) is 0 Å². The summed E-state index contributed by atoms with van der Waals surface area (Å²) in [7, 11) is 0. The highest BCUT2D eigenvalue weighted by atomic mass is 32.2. The normalized spacial score (nSPS) is 18.5. The number of aliphatic carboxylic acids is 1. The molecule has 1 aromatic carbocycles. The number of benzene rings is 1. The van der Waals surface area contributed by atoms with E-state index in [0.29, 0.717) is 12.3 Å². The lowest BCUT2D eigenvalue weighted by atomic mass is 10.0. The number of rotatable bonds is 4. The van der Waals surface area contributed by atoms with Crippen LogP contribution in [0.2, 0.25) is 0 Å². The maximum absolute atomic E-state index is 11.8. The molecule has 0 aromatic heterocycles. The van der Waals surface area contributed by atoms with Crippen LogP contribution in [0, 0.1) is 0 Å². The van der Waals surface area contributed by atoms with Crippen LogP contribution in [0.4, 0.5) is 5.69 Å². The lowest BCUT2D eigenvalue weighted by molar-refractivity contribution is -0.141. The fraction of sp³-hybridized carbons (Fsp3) is 0.500. The Balaban J connectivity index is 2.03. The van der Waals surface area contributed by atoms with E-state index in [-0.39, 0.29) is 0 Å². The van der Waals surface area contributed by atoms with Crippen LogP contribution < -0.4 is 4.31 Å². The van der Waals surface area contributed by atoms with Gasteiger partial charge < -0.3 is 14.4 Å². The molecule has 0 bridgehead atoms. The van der Waals surface area contributed by atoms with Gasteiger partial charge in [0.1, 0.15) is 11.3 Å². The third-order valence-electron chi connectivity index (χ3n) is 4.85. The third kappa shape index (κ3) is 3.30. The average molecular weight is 364 g/mol. The van der Waals surface area contributed by atoms with Crippen molar-refractivity contribution in [3.05, 3.63) is 34.9 Å². The third-order valence-corrected chi connectivity index (χ3v) is 5.81. The van der Waals surface area contributed by atoms with Gasteiger partial charge in [-0.1, -0.05) is 6.07 Å². The van der Waals surface area contributed by atoms with Gasteiger partial charge in [0.05, 0.1) is 12.3 Å². The summed E-state index contributed by atoms with van der Waals surface area (Å²) < 4.78 is 30.4. The summed E-state index contributed by atoms with van der Waals surface area (Å²) in [5.41, 5.74) is 1.97. The Kier molecular flexibility index (Phi) is 4.88. The predicted octanol–water partition coefficient (Wildman–Crippen LogP) is 3.01. The number of fused-ring (bicyclic) bond motifs is 2. The van der Waals surface area contributed by atoms with Crippen LogP contribution in [0.15, 0.2) is 23.8 Å². The van der Waals surface area contributed by atoms with E-state index in [1.807, 2.05) is 6.07 Å². The molecule has 0 saturated heterocycles. The first-order valence-corrected chi connectivity index (χ1v) is 9.46. The average Bonchev–Trinajstić information content (AvgIpc) is 2.82. The van der Waals surface area contributed by atoms with Gasteiger partial charge in [0.2, 0.25) is 0 Å². The van der Waals surface area contributed by atoms with Crippen molar-refractivity contribution in [2.24, 2.45) is 0 Å². The molecule has 0 radical (unpaired) electrons. The van der Waals surface area contributed by atoms with Crippen molar-refractivity contribution in [2.75, 3.05) is 10.9 Å². The van der Waals surface area contributed by atoms with Gasteiger partial charge >= 0.3 is 5.97 Å². The molecule has 1 N–H and O–H groups in total. The minimum absolute atomic E-state index is 0.332. The van der Waals surface area contributed by atoms with Gasteiger partial charge in [-0.15, -0.1) is 0 Å². The summed E-state index contributed by atoms with van der Waals surface area (Å²) in [5.74, 6) is -0.361. The number of carboxylic acids is 1. The number of hydrogen-bond donors (Lipinski definition) is 1. The first kappa shape index (κ1) is 17.9. The highest BCUT2D eigenvalue weighted by molar-refractivity contribution is 7.80. The van der Waals surface area contributed by atoms with E-state index in [9.17, 15) is 18.7 Å². The number of hydrogen-bond acceptors (Lipinski definition) is 4. The highest BCUT2D eigenvalue weighted by Crippen LogP contribution is 2.40. The number of carboxylic acid groups (broad SMARTS) is 1. The van der Waals surface area contributed by atoms with Crippen LogP contribution in [0.3, 0.4) is 0 Å². The number of anilines is 1. The molecule has 1 unspecified atom stereocenters. The standard InChI is InChI=1S/C18H23NO5S/c1-18(2,17(20)21)19(25(22)23)14-8-7-12-10-13-6-4-3-5-9-24-16(13)15(12)11-14/h7-8,11H,3-6,9-10H2,1-2H3,(H,20,21)(H,22,23)/p-1. The Labute approximate surface area is 149 Å². The maximum atomic E-state index is 11.8. The summed E-state index contributed by atoms with van der Waals surface area (Å²) in [6, 6.07) is 5.27. The molecule has 136 valence electrons. The second-order valence-electron chi connectivity index (χ2n) is 6.99. The molecule has 0 saturated carbocycles. The van der Waals surface area contributed by atoms with Gasteiger partial charge in [0, 0.05) is 16.8 Å². The molecule has 2 aliphatic rings. The van der Waals surface area contributed by atoms with Crippen molar-refractivity contribution in [2.45, 2.75) is 51.5 Å². The molecule has 1 heterocycles. The summed E-state index contributed by atoms with van der Waals surface area (Å²) in [5, 5.41) is 9.42. The fourth-order valence-corrected chi connectivity index (χ4v) is 4.15. The van der Waals surface area contributed by atoms with E-state index < -0.39 is 22.8 Å². The van der Waals surface area contributed by atoms with E-state index in [2.05, 4.69) is 0 Å². The molecular formula is C18H22NO5S-. The zero-order valence-electron chi connectivity index (χ0n) is 14.4. The molecule has 1 atom stereocenters. The van der Waals surface area contributed by atoms with E-state index in [1.165, 1.54) is 19.4 Å². The van der Waals surface area contributed by atoms with Crippen LogP contribution in [-0.2, 0) is 27.2 Å². The van der Waals surface area contributed by atoms with Crippen molar-refractivity contribution >= 4 is 28.7 Å². The first-order chi connectivity index (χ1) is 11.8. The fourth-order valence-electron chi connectivity index (χ4n) is 3.41. The van der Waals surface area contributed by atoms with Crippen LogP contribution in [0.25, 0.3) is 5.76 Å². The number of ether oxygens (including phenoxy) is 1. The first-order valence-electron chi connectivity index (χ1n) is 8.43. The second kappa shape index (κ2) is 6.80. The molecule has 1 aromatic rings. The van der Waals surface area contributed by atoms with Gasteiger partial charge in [0.25, 0.3) is 0 Å². The Bertz CT molecular complexity index is 756. The molecule has 7 heteroatoms. The van der Waals surface area contributed by atoms with Crippen molar-refractivity contribution < 1.29 is 23.4 Å². The minimum Gasteiger partial charge on any atom is -0.755 e. The lowest BCUT2D eigenvalue weighted by Crippen LogP contribution is -2.51. The van der Waals surface area contributed by atoms with Crippen LogP contribution >= 0.6 is 0 Å². The van der Waals surface area contributed by atoms with Crippen molar-refractivity contribution in [1.82, 2.24) is 0 Å². The zero-order chi connectivity index (χ0) is 18.2. The Hall–Kier alpha value is -1.86. The van der Waals surface area contributed by atoms with Crippen LogP contribution in [0.1, 0.15) is 50.7 Å². The SMILES string of the molecule is CC(C)(C(=O)O)N(c1ccc2c(c1)C1=C(CCCCCO1)C2)S(=O)[O-]. The van der Waals surface area contributed by atoms with Gasteiger partial charge in [0.15, 0.2) is 0 Å². The van der Waals surface area contributed by atoms with E-state index >= 15 is 0 Å². The highest BCUT2D eigenvalue weighted by Gasteiger charge is 2.37. The van der Waals surface area contributed by atoms with Gasteiger partial charge in [-0.25, -0.2) is 4.79 Å². The molecular weight excluding hydrogens is 342 g/mol. The Morgan fingerprint density at radius 3 is 2.76 bits per heavy atom. The maximum Gasteiger partial charge on any atom is 0.329 e. The lowest BCUT2D eigenvalue weighted by Gasteiger charge is -2.37. The molecule has 1 aliphatic carbocycles. The van der Waals surface area contributed by atoms with Crippen molar-refractivity contribution in [1.29, 1.82) is 0 Å². The number of allylic oxidation sites excluding steroid dienone is 1. The van der Waals surface area contributed by atoms with E-state index in [0.717, 1.165) is 53.3 Å². The number of carbonyl (C=O) groups is 1. The molecule has 0 fully saturated rings. The summed E-state index contributed by atoms with van der Waals surface area (Å²) in [6.07, 6.45) is 5.08. The largest absolute Gasteiger partial charge is 0.755 e. The minimum atomic E-state index is -2.71. The predicted molar refractivity (Wildman–Crippen MR) is 94.6 cm³/mol. The second-order valence-corrected chi connectivity index (χ2v) is 7.79. The summed E-state index contributed by atoms with van der Waals surface area (Å²) in [4.78, 5) is 11.5. The molecule has 0 amide bonds. The molecule has 1 aliphatic heterocycles. The van der Waals surface area contributed by atoms with Gasteiger partial charge in [-0.3, -0.25) is 8.51 Å². The Morgan fingerprint density at radius 2 is 2.08 bits per heavy atom. The smallest absolute Gasteiger partial charge is 0.329 e. The van der Waals surface area contributed by atoms with Gasteiger partial charge in [-0.05, 0) is 69.2 Å². The molecule has 3 rings (SSSR count). The number of nitrogens with zero attached hydrogens (tertiary/aromatic N) is 1. The van der Waals surface area contributed by atoms with Crippen LogP contribution in [0.5, 0.6) is 0 Å². The topological polar surface area (TPSA) is 89.9 Å². The zero-order valence-corrected chi connectivity index (χ0v) is 15.2. The van der Waals surface area contributed by atoms with E-state index in [1.54, 1.807) is 12.1 Å². The molecule has 6 nitrogen and oxygen atoms in total. The van der Waals surface area contributed by atoms with Crippen molar-refractivity contribution in [3.8, 4) is 0 Å². The van der Waals surface area contributed by atoms with Crippen LogP contribution in [-0.4, -0.2) is 32.0 Å². The molecule has 25 heavy (non-hydrogen) atoms. The monoisotopic (exact) mass is 364 g/mol. The Morgan fingerprint density at radius 1 is 1.32 bits per heavy atom. The van der Waals surface area contributed by atoms with Gasteiger partial charge in [-0.2, -0.15) is 0 Å². The summed E-state index contributed by atoms with van der Waals surface area (Å²) in [6.45, 7) is 3.39. The summed E-state index contributed by atoms with van der Waals surface area (Å²) >= 11 is -2.71.